The quantitative estimate of drug-likeness (QED) is 0.172. The molecule has 4 aliphatic rings. The van der Waals surface area contributed by atoms with E-state index in [2.05, 4.69) is 162 Å². The molecule has 0 aliphatic carbocycles. The van der Waals surface area contributed by atoms with E-state index in [-0.39, 0.29) is 13.4 Å². The topological polar surface area (TPSA) is 21.7 Å². The van der Waals surface area contributed by atoms with Crippen molar-refractivity contribution in [1.29, 1.82) is 0 Å². The summed E-state index contributed by atoms with van der Waals surface area (Å²) in [6, 6.07) is 42.8. The second kappa shape index (κ2) is 10.8. The highest BCUT2D eigenvalue weighted by atomic mass is 16.5. The molecule has 0 saturated carbocycles. The van der Waals surface area contributed by atoms with Gasteiger partial charge in [-0.1, -0.05) is 90.0 Å². The fourth-order valence-corrected chi connectivity index (χ4v) is 10.4. The predicted molar refractivity (Wildman–Crippen MR) is 223 cm³/mol. The van der Waals surface area contributed by atoms with Gasteiger partial charge in [-0.15, -0.1) is 0 Å². The molecule has 0 spiro atoms. The van der Waals surface area contributed by atoms with E-state index >= 15 is 0 Å². The first-order valence-electron chi connectivity index (χ1n) is 18.7. The number of hydrogen-bond donors (Lipinski definition) is 0. The van der Waals surface area contributed by atoms with Crippen LogP contribution in [-0.4, -0.2) is 13.4 Å². The van der Waals surface area contributed by atoms with Crippen LogP contribution in [0.4, 0.5) is 17.1 Å². The Kier molecular flexibility index (Phi) is 6.25. The van der Waals surface area contributed by atoms with Crippen molar-refractivity contribution in [2.45, 2.75) is 41.5 Å². The van der Waals surface area contributed by atoms with E-state index in [1.165, 1.54) is 105 Å². The summed E-state index contributed by atoms with van der Waals surface area (Å²) in [4.78, 5) is 2.56. The van der Waals surface area contributed by atoms with E-state index in [1.807, 2.05) is 0 Å². The standard InChI is InChI=1S/C48H37B2NO2/c1-26-18-28(3)44(29(4)19-26)32-22-38-46-42(24-32)52-40-16-9-7-12-34(40)49(46)36-14-11-15-37-48(36)51(38)39-23-33(45-30(5)20-27(2)21-31(45)6)25-43-47(39)50(37)35-13-8-10-17-41(35)53-43/h7-25H,1-6H3. The molecular weight excluding hydrogens is 644 g/mol. The Balaban J connectivity index is 1.28. The SMILES string of the molecule is Cc1cc(C)c(-c2cc3c4c(c2)N2c5cc(-c6c(C)cc(C)cc6C)cc6c5B(c5ccccc5O6)c5cccc(c52)B4c2ccccc2O3)c(C)c1. The van der Waals surface area contributed by atoms with Crippen molar-refractivity contribution in [2.75, 3.05) is 4.90 Å². The third-order valence-electron chi connectivity index (χ3n) is 12.1. The number of nitrogens with zero attached hydrogens (tertiary/aromatic N) is 1. The molecule has 3 nitrogen and oxygen atoms in total. The van der Waals surface area contributed by atoms with Gasteiger partial charge >= 0.3 is 0 Å². The van der Waals surface area contributed by atoms with Crippen LogP contribution >= 0.6 is 0 Å². The number of anilines is 3. The molecule has 7 aromatic rings. The lowest BCUT2D eigenvalue weighted by atomic mass is 9.29. The molecule has 0 fully saturated rings. The van der Waals surface area contributed by atoms with Gasteiger partial charge in [0, 0.05) is 17.1 Å². The van der Waals surface area contributed by atoms with Crippen LogP contribution in [-0.2, 0) is 0 Å². The zero-order chi connectivity index (χ0) is 35.9. The average Bonchev–Trinajstić information content (AvgIpc) is 3.12. The lowest BCUT2D eigenvalue weighted by Gasteiger charge is -2.46. The van der Waals surface area contributed by atoms with Gasteiger partial charge in [-0.2, -0.15) is 0 Å². The minimum atomic E-state index is 0.0336. The van der Waals surface area contributed by atoms with Crippen molar-refractivity contribution in [3.63, 3.8) is 0 Å². The summed E-state index contributed by atoms with van der Waals surface area (Å²) in [6.45, 7) is 13.4. The Morgan fingerprint density at radius 2 is 0.811 bits per heavy atom. The van der Waals surface area contributed by atoms with E-state index in [4.69, 9.17) is 9.47 Å². The van der Waals surface area contributed by atoms with Crippen LogP contribution in [0.1, 0.15) is 33.4 Å². The van der Waals surface area contributed by atoms with E-state index < -0.39 is 0 Å². The predicted octanol–water partition coefficient (Wildman–Crippen LogP) is 8.21. The molecule has 11 rings (SSSR count). The van der Waals surface area contributed by atoms with Crippen LogP contribution in [0.2, 0.25) is 0 Å². The summed E-state index contributed by atoms with van der Waals surface area (Å²) in [5.41, 5.74) is 23.6. The van der Waals surface area contributed by atoms with E-state index in [0.717, 1.165) is 23.0 Å². The van der Waals surface area contributed by atoms with Crippen LogP contribution in [0.5, 0.6) is 23.0 Å². The van der Waals surface area contributed by atoms with Gasteiger partial charge in [-0.05, 0) is 155 Å². The van der Waals surface area contributed by atoms with Crippen molar-refractivity contribution >= 4 is 63.3 Å². The first kappa shape index (κ1) is 30.7. The minimum Gasteiger partial charge on any atom is -0.458 e. The van der Waals surface area contributed by atoms with Crippen molar-refractivity contribution in [3.05, 3.63) is 149 Å². The molecule has 0 amide bonds. The van der Waals surface area contributed by atoms with Gasteiger partial charge in [-0.25, -0.2) is 0 Å². The summed E-state index contributed by atoms with van der Waals surface area (Å²) < 4.78 is 13.9. The lowest BCUT2D eigenvalue weighted by molar-refractivity contribution is 0.487. The first-order chi connectivity index (χ1) is 25.7. The number of rotatable bonds is 2. The van der Waals surface area contributed by atoms with Crippen molar-refractivity contribution in [3.8, 4) is 45.3 Å². The zero-order valence-corrected chi connectivity index (χ0v) is 30.9. The molecule has 4 heterocycles. The first-order valence-corrected chi connectivity index (χ1v) is 18.7. The number of fused-ring (bicyclic) bond motifs is 8. The van der Waals surface area contributed by atoms with Crippen LogP contribution in [0.25, 0.3) is 22.3 Å². The third kappa shape index (κ3) is 4.19. The van der Waals surface area contributed by atoms with E-state index in [0.29, 0.717) is 0 Å². The van der Waals surface area contributed by atoms with E-state index in [9.17, 15) is 0 Å². The molecule has 4 aliphatic heterocycles. The summed E-state index contributed by atoms with van der Waals surface area (Å²) in [7, 11) is 0. The molecule has 5 heteroatoms. The Morgan fingerprint density at radius 3 is 1.25 bits per heavy atom. The highest BCUT2D eigenvalue weighted by Gasteiger charge is 2.49. The maximum absolute atomic E-state index is 6.94. The Morgan fingerprint density at radius 1 is 0.415 bits per heavy atom. The fraction of sp³-hybridized carbons (Fsp3) is 0.125. The zero-order valence-electron chi connectivity index (χ0n) is 30.9. The van der Waals surface area contributed by atoms with Gasteiger partial charge < -0.3 is 14.4 Å². The molecule has 0 N–H and O–H groups in total. The lowest BCUT2D eigenvalue weighted by Crippen LogP contribution is -2.66. The summed E-state index contributed by atoms with van der Waals surface area (Å²) in [5, 5.41) is 0. The molecule has 0 unspecified atom stereocenters. The van der Waals surface area contributed by atoms with Gasteiger partial charge in [0.25, 0.3) is 13.4 Å². The van der Waals surface area contributed by atoms with Gasteiger partial charge in [-0.3, -0.25) is 0 Å². The molecule has 53 heavy (non-hydrogen) atoms. The van der Waals surface area contributed by atoms with Crippen LogP contribution in [0.3, 0.4) is 0 Å². The molecular formula is C48H37B2NO2. The second-order valence-corrected chi connectivity index (χ2v) is 15.6. The van der Waals surface area contributed by atoms with Crippen molar-refractivity contribution in [2.24, 2.45) is 0 Å². The molecule has 252 valence electrons. The van der Waals surface area contributed by atoms with Crippen molar-refractivity contribution in [1.82, 2.24) is 0 Å². The molecule has 0 radical (unpaired) electrons. The number of para-hydroxylation sites is 3. The Bertz CT molecular complexity index is 2550. The number of aryl methyl sites for hydroxylation is 6. The Labute approximate surface area is 312 Å². The second-order valence-electron chi connectivity index (χ2n) is 15.6. The number of benzene rings is 7. The number of ether oxygens (including phenoxy) is 2. The normalized spacial score (nSPS) is 13.7. The molecule has 0 aromatic heterocycles. The van der Waals surface area contributed by atoms with Crippen LogP contribution in [0.15, 0.2) is 115 Å². The summed E-state index contributed by atoms with van der Waals surface area (Å²) in [5.74, 6) is 3.71. The fourth-order valence-electron chi connectivity index (χ4n) is 10.4. The minimum absolute atomic E-state index is 0.0336. The average molecular weight is 681 g/mol. The largest absolute Gasteiger partial charge is 0.458 e. The highest BCUT2D eigenvalue weighted by Crippen LogP contribution is 2.48. The van der Waals surface area contributed by atoms with Gasteiger partial charge in [0.15, 0.2) is 0 Å². The third-order valence-corrected chi connectivity index (χ3v) is 12.1. The molecule has 0 atom stereocenters. The van der Waals surface area contributed by atoms with Gasteiger partial charge in [0.1, 0.15) is 23.0 Å². The Hall–Kier alpha value is -5.93. The highest BCUT2D eigenvalue weighted by molar-refractivity contribution is 7.03. The van der Waals surface area contributed by atoms with Gasteiger partial charge in [0.05, 0.1) is 0 Å². The summed E-state index contributed by atoms with van der Waals surface area (Å²) >= 11 is 0. The summed E-state index contributed by atoms with van der Waals surface area (Å²) in [6.07, 6.45) is 0. The van der Waals surface area contributed by atoms with Crippen molar-refractivity contribution < 1.29 is 9.47 Å². The van der Waals surface area contributed by atoms with Crippen LogP contribution < -0.4 is 47.2 Å². The van der Waals surface area contributed by atoms with E-state index in [1.54, 1.807) is 0 Å². The maximum atomic E-state index is 6.94. The van der Waals surface area contributed by atoms with Crippen LogP contribution in [0, 0.1) is 41.5 Å². The number of hydrogen-bond acceptors (Lipinski definition) is 3. The maximum Gasteiger partial charge on any atom is 0.256 e. The molecule has 7 aromatic carbocycles. The molecule has 0 bridgehead atoms. The molecule has 0 saturated heterocycles. The smallest absolute Gasteiger partial charge is 0.256 e. The van der Waals surface area contributed by atoms with Gasteiger partial charge in [0.2, 0.25) is 0 Å². The monoisotopic (exact) mass is 681 g/mol.